The van der Waals surface area contributed by atoms with Gasteiger partial charge in [-0.15, -0.1) is 11.3 Å². The van der Waals surface area contributed by atoms with Gasteiger partial charge in [0.15, 0.2) is 0 Å². The molecule has 1 amide bonds. The monoisotopic (exact) mass is 365 g/mol. The molecule has 1 fully saturated rings. The fourth-order valence-corrected chi connectivity index (χ4v) is 3.44. The summed E-state index contributed by atoms with van der Waals surface area (Å²) in [5.41, 5.74) is 2.13. The number of thiazole rings is 1. The zero-order valence-corrected chi connectivity index (χ0v) is 14.1. The predicted octanol–water partition coefficient (Wildman–Crippen LogP) is 3.10. The number of amides is 1. The van der Waals surface area contributed by atoms with Crippen molar-refractivity contribution in [2.24, 2.45) is 0 Å². The van der Waals surface area contributed by atoms with Crippen molar-refractivity contribution in [2.45, 2.75) is 26.1 Å². The van der Waals surface area contributed by atoms with E-state index >= 15 is 0 Å². The van der Waals surface area contributed by atoms with Crippen molar-refractivity contribution in [3.8, 4) is 0 Å². The molecular formula is C15H16BrN3OS. The van der Waals surface area contributed by atoms with Crippen LogP contribution < -0.4 is 5.32 Å². The van der Waals surface area contributed by atoms with Gasteiger partial charge in [0, 0.05) is 16.4 Å². The fourth-order valence-electron chi connectivity index (χ4n) is 2.41. The highest BCUT2D eigenvalue weighted by molar-refractivity contribution is 9.10. The van der Waals surface area contributed by atoms with Gasteiger partial charge < -0.3 is 5.32 Å². The van der Waals surface area contributed by atoms with Gasteiger partial charge in [0.25, 0.3) is 0 Å². The number of aryl methyl sites for hydroxylation is 1. The maximum absolute atomic E-state index is 11.8. The third kappa shape index (κ3) is 3.33. The second kappa shape index (κ2) is 6.25. The van der Waals surface area contributed by atoms with Crippen LogP contribution in [0.2, 0.25) is 0 Å². The molecule has 110 valence electrons. The van der Waals surface area contributed by atoms with Crippen LogP contribution in [0.1, 0.15) is 29.4 Å². The number of hydrogen-bond acceptors (Lipinski definition) is 4. The molecule has 0 unspecified atom stereocenters. The smallest absolute Gasteiger partial charge is 0.235 e. The normalized spacial score (nSPS) is 19.0. The molecule has 1 atom stereocenters. The Morgan fingerprint density at radius 3 is 2.86 bits per heavy atom. The second-order valence-electron chi connectivity index (χ2n) is 5.02. The van der Waals surface area contributed by atoms with Crippen LogP contribution in [0.15, 0.2) is 34.1 Å². The Morgan fingerprint density at radius 1 is 1.43 bits per heavy atom. The highest BCUT2D eigenvalue weighted by atomic mass is 79.9. The molecule has 6 heteroatoms. The second-order valence-corrected chi connectivity index (χ2v) is 6.88. The van der Waals surface area contributed by atoms with Crippen LogP contribution >= 0.6 is 27.3 Å². The van der Waals surface area contributed by atoms with Gasteiger partial charge in [-0.05, 0) is 24.1 Å². The summed E-state index contributed by atoms with van der Waals surface area (Å²) in [5, 5.41) is 6.16. The number of halogens is 1. The maximum Gasteiger partial charge on any atom is 0.235 e. The van der Waals surface area contributed by atoms with Crippen LogP contribution in [0.3, 0.4) is 0 Å². The Morgan fingerprint density at radius 2 is 2.19 bits per heavy atom. The van der Waals surface area contributed by atoms with Crippen molar-refractivity contribution in [3.63, 3.8) is 0 Å². The van der Waals surface area contributed by atoms with E-state index in [1.54, 1.807) is 11.3 Å². The number of hydrogen-bond donors (Lipinski definition) is 1. The third-order valence-corrected chi connectivity index (χ3v) is 5.00. The number of carbonyl (C=O) groups excluding carboxylic acids is 1. The third-order valence-electron chi connectivity index (χ3n) is 3.46. The lowest BCUT2D eigenvalue weighted by atomic mass is 10.2. The zero-order chi connectivity index (χ0) is 14.8. The summed E-state index contributed by atoms with van der Waals surface area (Å²) >= 11 is 5.09. The summed E-state index contributed by atoms with van der Waals surface area (Å²) in [7, 11) is 0. The summed E-state index contributed by atoms with van der Waals surface area (Å²) in [4.78, 5) is 18.5. The topological polar surface area (TPSA) is 45.2 Å². The van der Waals surface area contributed by atoms with Gasteiger partial charge in [-0.2, -0.15) is 0 Å². The van der Waals surface area contributed by atoms with E-state index in [2.05, 4.69) is 50.2 Å². The average Bonchev–Trinajstić information content (AvgIpc) is 3.07. The van der Waals surface area contributed by atoms with E-state index < -0.39 is 0 Å². The first-order chi connectivity index (χ1) is 10.2. The van der Waals surface area contributed by atoms with Crippen molar-refractivity contribution in [2.75, 3.05) is 6.54 Å². The molecule has 21 heavy (non-hydrogen) atoms. The van der Waals surface area contributed by atoms with E-state index in [0.717, 1.165) is 28.1 Å². The van der Waals surface area contributed by atoms with Gasteiger partial charge >= 0.3 is 0 Å². The number of benzene rings is 1. The van der Waals surface area contributed by atoms with Gasteiger partial charge in [-0.25, -0.2) is 4.98 Å². The Kier molecular flexibility index (Phi) is 4.37. The Hall–Kier alpha value is -1.24. The molecule has 1 saturated heterocycles. The first kappa shape index (κ1) is 14.7. The lowest BCUT2D eigenvalue weighted by Gasteiger charge is -2.21. The van der Waals surface area contributed by atoms with Gasteiger partial charge in [-0.1, -0.05) is 35.0 Å². The molecular weight excluding hydrogens is 350 g/mol. The standard InChI is InChI=1S/C15H16BrN3OS/c1-2-14-17-12(9-21-14)15-18-13(20)8-19(15)7-10-3-5-11(16)6-4-10/h3-6,9,15H,2,7-8H2,1H3,(H,18,20)/t15-/m0/s1. The molecule has 0 bridgehead atoms. The fraction of sp³-hybridized carbons (Fsp3) is 0.333. The van der Waals surface area contributed by atoms with E-state index in [1.165, 1.54) is 5.56 Å². The molecule has 0 aliphatic carbocycles. The zero-order valence-electron chi connectivity index (χ0n) is 11.7. The van der Waals surface area contributed by atoms with Crippen molar-refractivity contribution in [1.82, 2.24) is 15.2 Å². The molecule has 2 heterocycles. The molecule has 0 saturated carbocycles. The van der Waals surface area contributed by atoms with Crippen molar-refractivity contribution < 1.29 is 4.79 Å². The lowest BCUT2D eigenvalue weighted by Crippen LogP contribution is -2.27. The van der Waals surface area contributed by atoms with Gasteiger partial charge in [-0.3, -0.25) is 9.69 Å². The molecule has 1 N–H and O–H groups in total. The molecule has 0 radical (unpaired) electrons. The van der Waals surface area contributed by atoms with Crippen LogP contribution in [0.4, 0.5) is 0 Å². The summed E-state index contributed by atoms with van der Waals surface area (Å²) < 4.78 is 1.06. The minimum Gasteiger partial charge on any atom is -0.334 e. The van der Waals surface area contributed by atoms with E-state index in [9.17, 15) is 4.79 Å². The molecule has 1 aliphatic heterocycles. The van der Waals surface area contributed by atoms with Crippen molar-refractivity contribution >= 4 is 33.2 Å². The van der Waals surface area contributed by atoms with Crippen LogP contribution in [-0.4, -0.2) is 22.3 Å². The highest BCUT2D eigenvalue weighted by Gasteiger charge is 2.32. The van der Waals surface area contributed by atoms with E-state index in [4.69, 9.17) is 0 Å². The summed E-state index contributed by atoms with van der Waals surface area (Å²) in [5.74, 6) is 0.0585. The Balaban J connectivity index is 1.78. The number of nitrogens with one attached hydrogen (secondary N) is 1. The minimum absolute atomic E-state index is 0.0585. The molecule has 3 rings (SSSR count). The molecule has 2 aromatic rings. The summed E-state index contributed by atoms with van der Waals surface area (Å²) in [6.45, 7) is 3.24. The van der Waals surface area contributed by atoms with Crippen molar-refractivity contribution in [3.05, 3.63) is 50.4 Å². The van der Waals surface area contributed by atoms with E-state index in [1.807, 2.05) is 17.5 Å². The SMILES string of the molecule is CCc1nc([C@H]2NC(=O)CN2Cc2ccc(Br)cc2)cs1. The molecule has 1 aromatic carbocycles. The van der Waals surface area contributed by atoms with E-state index in [0.29, 0.717) is 6.54 Å². The van der Waals surface area contributed by atoms with Crippen LogP contribution in [0, 0.1) is 0 Å². The predicted molar refractivity (Wildman–Crippen MR) is 86.9 cm³/mol. The first-order valence-electron chi connectivity index (χ1n) is 6.88. The quantitative estimate of drug-likeness (QED) is 0.905. The highest BCUT2D eigenvalue weighted by Crippen LogP contribution is 2.26. The maximum atomic E-state index is 11.8. The van der Waals surface area contributed by atoms with E-state index in [-0.39, 0.29) is 12.1 Å². The van der Waals surface area contributed by atoms with Crippen molar-refractivity contribution in [1.29, 1.82) is 0 Å². The molecule has 0 spiro atoms. The number of rotatable bonds is 4. The van der Waals surface area contributed by atoms with Crippen LogP contribution in [0.25, 0.3) is 0 Å². The van der Waals surface area contributed by atoms with Crippen LogP contribution in [-0.2, 0) is 17.8 Å². The van der Waals surface area contributed by atoms with Gasteiger partial charge in [0.2, 0.25) is 5.91 Å². The number of nitrogens with zero attached hydrogens (tertiary/aromatic N) is 2. The lowest BCUT2D eigenvalue weighted by molar-refractivity contribution is -0.118. The molecule has 4 nitrogen and oxygen atoms in total. The summed E-state index contributed by atoms with van der Waals surface area (Å²) in [6, 6.07) is 8.19. The number of carbonyl (C=O) groups is 1. The largest absolute Gasteiger partial charge is 0.334 e. The Labute approximate surface area is 136 Å². The minimum atomic E-state index is -0.113. The summed E-state index contributed by atoms with van der Waals surface area (Å²) in [6.07, 6.45) is 0.815. The van der Waals surface area contributed by atoms with Crippen LogP contribution in [0.5, 0.6) is 0 Å². The molecule has 1 aromatic heterocycles. The average molecular weight is 366 g/mol. The number of aromatic nitrogens is 1. The molecule has 1 aliphatic rings. The first-order valence-corrected chi connectivity index (χ1v) is 8.55. The Bertz CT molecular complexity index is 641. The van der Waals surface area contributed by atoms with Gasteiger partial charge in [0.1, 0.15) is 6.17 Å². The van der Waals surface area contributed by atoms with Gasteiger partial charge in [0.05, 0.1) is 17.2 Å².